The largest absolute Gasteiger partial charge is 0.370 e. The molecular formula is C10H14ClN3S2. The summed E-state index contributed by atoms with van der Waals surface area (Å²) in [5.41, 5.74) is 0. The number of hydrogen-bond donors (Lipinski definition) is 1. The zero-order valence-corrected chi connectivity index (χ0v) is 11.5. The molecule has 6 heteroatoms. The molecule has 1 aromatic heterocycles. The molecule has 1 unspecified atom stereocenters. The number of nitrogens with one attached hydrogen (secondary N) is 1. The Morgan fingerprint density at radius 3 is 3.19 bits per heavy atom. The second kappa shape index (κ2) is 5.98. The summed E-state index contributed by atoms with van der Waals surface area (Å²) in [7, 11) is 0. The Morgan fingerprint density at radius 1 is 1.62 bits per heavy atom. The van der Waals surface area contributed by atoms with Crippen LogP contribution in [-0.4, -0.2) is 34.3 Å². The van der Waals surface area contributed by atoms with Gasteiger partial charge in [0.25, 0.3) is 0 Å². The highest BCUT2D eigenvalue weighted by molar-refractivity contribution is 7.99. The predicted molar refractivity (Wildman–Crippen MR) is 72.7 cm³/mol. The molecule has 1 aliphatic rings. The van der Waals surface area contributed by atoms with E-state index in [0.717, 1.165) is 23.4 Å². The minimum atomic E-state index is 0.502. The van der Waals surface area contributed by atoms with E-state index in [4.69, 9.17) is 11.6 Å². The van der Waals surface area contributed by atoms with Crippen LogP contribution in [0.2, 0.25) is 5.15 Å². The first-order chi connectivity index (χ1) is 7.78. The SMILES string of the molecule is CSc1nc(Cl)cc(NCC2CCSC2)n1. The molecule has 1 aliphatic heterocycles. The second-order valence-corrected chi connectivity index (χ2v) is 5.98. The third kappa shape index (κ3) is 3.43. The van der Waals surface area contributed by atoms with E-state index in [-0.39, 0.29) is 0 Å². The highest BCUT2D eigenvalue weighted by Gasteiger charge is 2.15. The number of rotatable bonds is 4. The molecule has 2 rings (SSSR count). The van der Waals surface area contributed by atoms with Gasteiger partial charge in [-0.05, 0) is 30.1 Å². The average Bonchev–Trinajstić information content (AvgIpc) is 2.78. The van der Waals surface area contributed by atoms with Crippen LogP contribution in [-0.2, 0) is 0 Å². The van der Waals surface area contributed by atoms with E-state index in [0.29, 0.717) is 5.15 Å². The summed E-state index contributed by atoms with van der Waals surface area (Å²) in [6.45, 7) is 0.980. The maximum atomic E-state index is 5.92. The Bertz CT molecular complexity index is 356. The summed E-state index contributed by atoms with van der Waals surface area (Å²) in [5.74, 6) is 4.13. The minimum absolute atomic E-state index is 0.502. The number of halogens is 1. The molecule has 88 valence electrons. The Labute approximate surface area is 109 Å². The zero-order valence-electron chi connectivity index (χ0n) is 9.07. The molecule has 0 aromatic carbocycles. The van der Waals surface area contributed by atoms with Gasteiger partial charge in [-0.15, -0.1) is 0 Å². The Hall–Kier alpha value is -0.130. The molecule has 0 saturated carbocycles. The van der Waals surface area contributed by atoms with E-state index < -0.39 is 0 Å². The van der Waals surface area contributed by atoms with Crippen LogP contribution in [0.3, 0.4) is 0 Å². The lowest BCUT2D eigenvalue weighted by Gasteiger charge is -2.11. The van der Waals surface area contributed by atoms with Crippen LogP contribution in [0.5, 0.6) is 0 Å². The monoisotopic (exact) mass is 275 g/mol. The lowest BCUT2D eigenvalue weighted by Crippen LogP contribution is -2.14. The van der Waals surface area contributed by atoms with Gasteiger partial charge in [0.1, 0.15) is 11.0 Å². The van der Waals surface area contributed by atoms with Gasteiger partial charge in [-0.25, -0.2) is 9.97 Å². The molecule has 2 heterocycles. The lowest BCUT2D eigenvalue weighted by molar-refractivity contribution is 0.630. The van der Waals surface area contributed by atoms with Crippen molar-refractivity contribution in [2.45, 2.75) is 11.6 Å². The first-order valence-corrected chi connectivity index (χ1v) is 7.94. The van der Waals surface area contributed by atoms with Gasteiger partial charge < -0.3 is 5.32 Å². The van der Waals surface area contributed by atoms with Crippen LogP contribution in [0.1, 0.15) is 6.42 Å². The number of hydrogen-bond acceptors (Lipinski definition) is 5. The number of aromatic nitrogens is 2. The van der Waals surface area contributed by atoms with Gasteiger partial charge in [-0.1, -0.05) is 23.4 Å². The van der Waals surface area contributed by atoms with Crippen LogP contribution in [0.25, 0.3) is 0 Å². The minimum Gasteiger partial charge on any atom is -0.370 e. The fraction of sp³-hybridized carbons (Fsp3) is 0.600. The van der Waals surface area contributed by atoms with Gasteiger partial charge in [-0.2, -0.15) is 11.8 Å². The van der Waals surface area contributed by atoms with Crippen molar-refractivity contribution in [3.05, 3.63) is 11.2 Å². The van der Waals surface area contributed by atoms with Crippen LogP contribution < -0.4 is 5.32 Å². The van der Waals surface area contributed by atoms with Crippen molar-refractivity contribution in [2.75, 3.05) is 29.6 Å². The Morgan fingerprint density at radius 2 is 2.50 bits per heavy atom. The lowest BCUT2D eigenvalue weighted by atomic mass is 10.1. The fourth-order valence-electron chi connectivity index (χ4n) is 1.57. The maximum Gasteiger partial charge on any atom is 0.190 e. The van der Waals surface area contributed by atoms with Crippen LogP contribution in [0.15, 0.2) is 11.2 Å². The summed E-state index contributed by atoms with van der Waals surface area (Å²) in [4.78, 5) is 8.47. The number of anilines is 1. The third-order valence-electron chi connectivity index (χ3n) is 2.45. The first kappa shape index (κ1) is 12.3. The van der Waals surface area contributed by atoms with Crippen molar-refractivity contribution < 1.29 is 0 Å². The predicted octanol–water partition coefficient (Wildman–Crippen LogP) is 3.02. The van der Waals surface area contributed by atoms with Gasteiger partial charge in [-0.3, -0.25) is 0 Å². The normalized spacial score (nSPS) is 20.0. The average molecular weight is 276 g/mol. The van der Waals surface area contributed by atoms with Crippen molar-refractivity contribution in [3.8, 4) is 0 Å². The van der Waals surface area contributed by atoms with Crippen molar-refractivity contribution in [1.82, 2.24) is 9.97 Å². The van der Waals surface area contributed by atoms with E-state index in [2.05, 4.69) is 15.3 Å². The van der Waals surface area contributed by atoms with E-state index in [9.17, 15) is 0 Å². The standard InChI is InChI=1S/C10H14ClN3S2/c1-15-10-13-8(11)4-9(14-10)12-5-7-2-3-16-6-7/h4,7H,2-3,5-6H2,1H3,(H,12,13,14). The molecule has 0 amide bonds. The number of nitrogens with zero attached hydrogens (tertiary/aromatic N) is 2. The van der Waals surface area contributed by atoms with Gasteiger partial charge in [0.05, 0.1) is 0 Å². The Balaban J connectivity index is 1.94. The highest BCUT2D eigenvalue weighted by atomic mass is 35.5. The van der Waals surface area contributed by atoms with E-state index in [1.165, 1.54) is 29.7 Å². The Kier molecular flexibility index (Phi) is 4.61. The quantitative estimate of drug-likeness (QED) is 0.519. The van der Waals surface area contributed by atoms with Crippen molar-refractivity contribution in [2.24, 2.45) is 5.92 Å². The molecule has 0 aliphatic carbocycles. The summed E-state index contributed by atoms with van der Waals surface area (Å²) in [6.07, 6.45) is 3.24. The molecule has 0 bridgehead atoms. The third-order valence-corrected chi connectivity index (χ3v) is 4.43. The molecule has 1 aromatic rings. The van der Waals surface area contributed by atoms with Crippen molar-refractivity contribution >= 4 is 40.9 Å². The molecule has 1 N–H and O–H groups in total. The van der Waals surface area contributed by atoms with Gasteiger partial charge in [0.15, 0.2) is 5.16 Å². The molecule has 0 spiro atoms. The van der Waals surface area contributed by atoms with Crippen LogP contribution in [0, 0.1) is 5.92 Å². The van der Waals surface area contributed by atoms with Crippen LogP contribution in [0.4, 0.5) is 5.82 Å². The molecular weight excluding hydrogens is 262 g/mol. The molecule has 1 fully saturated rings. The summed E-state index contributed by atoms with van der Waals surface area (Å²) < 4.78 is 0. The highest BCUT2D eigenvalue weighted by Crippen LogP contribution is 2.24. The molecule has 1 atom stereocenters. The van der Waals surface area contributed by atoms with E-state index >= 15 is 0 Å². The second-order valence-electron chi connectivity index (χ2n) is 3.67. The number of thioether (sulfide) groups is 2. The molecule has 3 nitrogen and oxygen atoms in total. The maximum absolute atomic E-state index is 5.92. The zero-order chi connectivity index (χ0) is 11.4. The van der Waals surface area contributed by atoms with Crippen molar-refractivity contribution in [1.29, 1.82) is 0 Å². The van der Waals surface area contributed by atoms with Gasteiger partial charge >= 0.3 is 0 Å². The fourth-order valence-corrected chi connectivity index (χ4v) is 3.47. The summed E-state index contributed by atoms with van der Waals surface area (Å²) in [6, 6.07) is 1.78. The summed E-state index contributed by atoms with van der Waals surface area (Å²) in [5, 5.41) is 4.56. The van der Waals surface area contributed by atoms with Crippen LogP contribution >= 0.6 is 35.1 Å². The first-order valence-electron chi connectivity index (χ1n) is 5.18. The van der Waals surface area contributed by atoms with E-state index in [1.54, 1.807) is 6.07 Å². The van der Waals surface area contributed by atoms with Gasteiger partial charge in [0, 0.05) is 12.6 Å². The molecule has 1 saturated heterocycles. The van der Waals surface area contributed by atoms with Crippen molar-refractivity contribution in [3.63, 3.8) is 0 Å². The molecule has 16 heavy (non-hydrogen) atoms. The topological polar surface area (TPSA) is 37.8 Å². The van der Waals surface area contributed by atoms with Gasteiger partial charge in [0.2, 0.25) is 0 Å². The molecule has 0 radical (unpaired) electrons. The van der Waals surface area contributed by atoms with E-state index in [1.807, 2.05) is 18.0 Å². The summed E-state index contributed by atoms with van der Waals surface area (Å²) >= 11 is 9.45. The smallest absolute Gasteiger partial charge is 0.190 e.